The smallest absolute Gasteiger partial charge is 0.322 e. The number of piperazine rings is 1. The number of urea groups is 1. The minimum absolute atomic E-state index is 0.139. The molecule has 2 heterocycles. The van der Waals surface area contributed by atoms with Gasteiger partial charge in [-0.1, -0.05) is 12.1 Å². The summed E-state index contributed by atoms with van der Waals surface area (Å²) >= 11 is 1.56. The van der Waals surface area contributed by atoms with Gasteiger partial charge in [-0.15, -0.1) is 11.3 Å². The fourth-order valence-electron chi connectivity index (χ4n) is 3.21. The fraction of sp³-hybridized carbons (Fsp3) is 0.238. The van der Waals surface area contributed by atoms with Crippen LogP contribution in [0.2, 0.25) is 0 Å². The van der Waals surface area contributed by atoms with E-state index in [0.717, 1.165) is 16.4 Å². The number of benzene rings is 2. The molecule has 0 unspecified atom stereocenters. The number of hydrogen-bond donors (Lipinski definition) is 1. The van der Waals surface area contributed by atoms with E-state index in [9.17, 15) is 9.18 Å². The number of anilines is 2. The maximum absolute atomic E-state index is 13.1. The quantitative estimate of drug-likeness (QED) is 0.694. The highest BCUT2D eigenvalue weighted by molar-refractivity contribution is 7.14. The van der Waals surface area contributed by atoms with Crippen molar-refractivity contribution >= 4 is 28.2 Å². The molecule has 8 heteroatoms. The van der Waals surface area contributed by atoms with Gasteiger partial charge < -0.3 is 19.9 Å². The topological polar surface area (TPSA) is 57.7 Å². The standard InChI is InChI=1S/C21H21FN4O2S/c1-28-19-5-3-2-4-17(19)23-20(27)25-10-12-26(13-11-25)21-24-18(14-29-21)15-6-8-16(22)9-7-15/h2-9,14H,10-13H2,1H3,(H,23,27). The van der Waals surface area contributed by atoms with Crippen molar-refractivity contribution in [3.63, 3.8) is 0 Å². The molecule has 1 aromatic heterocycles. The molecular formula is C21H21FN4O2S. The van der Waals surface area contributed by atoms with E-state index in [4.69, 9.17) is 4.74 Å². The summed E-state index contributed by atoms with van der Waals surface area (Å²) in [5, 5.41) is 5.80. The minimum atomic E-state index is -0.258. The highest BCUT2D eigenvalue weighted by Crippen LogP contribution is 2.28. The van der Waals surface area contributed by atoms with Crippen LogP contribution in [0.3, 0.4) is 0 Å². The zero-order valence-electron chi connectivity index (χ0n) is 16.0. The van der Waals surface area contributed by atoms with Crippen LogP contribution < -0.4 is 15.0 Å². The fourth-order valence-corrected chi connectivity index (χ4v) is 4.09. The van der Waals surface area contributed by atoms with Crippen LogP contribution in [-0.4, -0.2) is 49.2 Å². The second-order valence-corrected chi connectivity index (χ2v) is 7.46. The first kappa shape index (κ1) is 19.2. The van der Waals surface area contributed by atoms with E-state index >= 15 is 0 Å². The van der Waals surface area contributed by atoms with Crippen LogP contribution in [0.25, 0.3) is 11.3 Å². The average Bonchev–Trinajstić information content (AvgIpc) is 3.25. The van der Waals surface area contributed by atoms with E-state index in [1.54, 1.807) is 35.5 Å². The summed E-state index contributed by atoms with van der Waals surface area (Å²) in [5.41, 5.74) is 2.39. The minimum Gasteiger partial charge on any atom is -0.495 e. The molecule has 4 rings (SSSR count). The number of aromatic nitrogens is 1. The summed E-state index contributed by atoms with van der Waals surface area (Å²) in [6, 6.07) is 13.6. The Morgan fingerprint density at radius 1 is 1.10 bits per heavy atom. The van der Waals surface area contributed by atoms with Gasteiger partial charge in [-0.25, -0.2) is 14.2 Å². The Bertz CT molecular complexity index is 984. The number of hydrogen-bond acceptors (Lipinski definition) is 5. The SMILES string of the molecule is COc1ccccc1NC(=O)N1CCN(c2nc(-c3ccc(F)cc3)cs2)CC1. The summed E-state index contributed by atoms with van der Waals surface area (Å²) < 4.78 is 18.4. The lowest BCUT2D eigenvalue weighted by Gasteiger charge is -2.34. The first-order valence-corrected chi connectivity index (χ1v) is 10.2. The normalized spacial score (nSPS) is 14.0. The van der Waals surface area contributed by atoms with Crippen LogP contribution in [0.1, 0.15) is 0 Å². The molecule has 6 nitrogen and oxygen atoms in total. The van der Waals surface area contributed by atoms with Gasteiger partial charge in [0.1, 0.15) is 11.6 Å². The van der Waals surface area contributed by atoms with Gasteiger partial charge in [-0.05, 0) is 36.4 Å². The van der Waals surface area contributed by atoms with Gasteiger partial charge in [0.2, 0.25) is 0 Å². The summed E-state index contributed by atoms with van der Waals surface area (Å²) in [6.45, 7) is 2.62. The van der Waals surface area contributed by atoms with E-state index in [-0.39, 0.29) is 11.8 Å². The first-order valence-electron chi connectivity index (χ1n) is 9.29. The van der Waals surface area contributed by atoms with Crippen molar-refractivity contribution in [3.05, 3.63) is 59.7 Å². The van der Waals surface area contributed by atoms with Crippen LogP contribution in [0, 0.1) is 5.82 Å². The second kappa shape index (κ2) is 8.48. The van der Waals surface area contributed by atoms with E-state index < -0.39 is 0 Å². The Hall–Kier alpha value is -3.13. The molecule has 150 valence electrons. The van der Waals surface area contributed by atoms with Gasteiger partial charge >= 0.3 is 6.03 Å². The van der Waals surface area contributed by atoms with Crippen molar-refractivity contribution in [2.75, 3.05) is 43.5 Å². The number of rotatable bonds is 4. The van der Waals surface area contributed by atoms with Gasteiger partial charge in [-0.2, -0.15) is 0 Å². The Labute approximate surface area is 172 Å². The Morgan fingerprint density at radius 3 is 2.55 bits per heavy atom. The largest absolute Gasteiger partial charge is 0.495 e. The summed E-state index contributed by atoms with van der Waals surface area (Å²) in [5.74, 6) is 0.377. The predicted octanol–water partition coefficient (Wildman–Crippen LogP) is 4.31. The maximum Gasteiger partial charge on any atom is 0.322 e. The second-order valence-electron chi connectivity index (χ2n) is 6.63. The van der Waals surface area contributed by atoms with Gasteiger partial charge in [0.05, 0.1) is 18.5 Å². The van der Waals surface area contributed by atoms with Crippen molar-refractivity contribution in [1.82, 2.24) is 9.88 Å². The molecule has 3 aromatic rings. The van der Waals surface area contributed by atoms with Crippen LogP contribution in [0.5, 0.6) is 5.75 Å². The molecule has 2 aromatic carbocycles. The first-order chi connectivity index (χ1) is 14.1. The van der Waals surface area contributed by atoms with Crippen LogP contribution in [-0.2, 0) is 0 Å². The highest BCUT2D eigenvalue weighted by atomic mass is 32.1. The van der Waals surface area contributed by atoms with Gasteiger partial charge in [0, 0.05) is 37.1 Å². The van der Waals surface area contributed by atoms with Crippen LogP contribution >= 0.6 is 11.3 Å². The molecule has 0 bridgehead atoms. The molecule has 1 saturated heterocycles. The molecular weight excluding hydrogens is 391 g/mol. The lowest BCUT2D eigenvalue weighted by Crippen LogP contribution is -2.50. The summed E-state index contributed by atoms with van der Waals surface area (Å²) in [7, 11) is 1.58. The average molecular weight is 412 g/mol. The molecule has 1 aliphatic heterocycles. The zero-order chi connectivity index (χ0) is 20.2. The molecule has 1 N–H and O–H groups in total. The zero-order valence-corrected chi connectivity index (χ0v) is 16.8. The number of halogens is 1. The van der Waals surface area contributed by atoms with Gasteiger partial charge in [0.25, 0.3) is 0 Å². The van der Waals surface area contributed by atoms with E-state index in [2.05, 4.69) is 15.2 Å². The molecule has 1 aliphatic rings. The van der Waals surface area contributed by atoms with Crippen molar-refractivity contribution in [3.8, 4) is 17.0 Å². The molecule has 2 amide bonds. The number of thiazole rings is 1. The molecule has 1 fully saturated rings. The third kappa shape index (κ3) is 4.32. The summed E-state index contributed by atoms with van der Waals surface area (Å²) in [6.07, 6.45) is 0. The number of methoxy groups -OCH3 is 1. The lowest BCUT2D eigenvalue weighted by atomic mass is 10.2. The highest BCUT2D eigenvalue weighted by Gasteiger charge is 2.23. The third-order valence-electron chi connectivity index (χ3n) is 4.82. The summed E-state index contributed by atoms with van der Waals surface area (Å²) in [4.78, 5) is 21.2. The number of amides is 2. The predicted molar refractivity (Wildman–Crippen MR) is 113 cm³/mol. The van der Waals surface area contributed by atoms with Gasteiger partial charge in [0.15, 0.2) is 5.13 Å². The third-order valence-corrected chi connectivity index (χ3v) is 5.72. The molecule has 0 saturated carbocycles. The van der Waals surface area contributed by atoms with Crippen LogP contribution in [0.15, 0.2) is 53.9 Å². The number of nitrogens with one attached hydrogen (secondary N) is 1. The van der Waals surface area contributed by atoms with Crippen LogP contribution in [0.4, 0.5) is 20.0 Å². The van der Waals surface area contributed by atoms with Gasteiger partial charge in [-0.3, -0.25) is 0 Å². The van der Waals surface area contributed by atoms with E-state index in [0.29, 0.717) is 37.6 Å². The molecule has 29 heavy (non-hydrogen) atoms. The van der Waals surface area contributed by atoms with E-state index in [1.807, 2.05) is 29.6 Å². The maximum atomic E-state index is 13.1. The molecule has 0 spiro atoms. The van der Waals surface area contributed by atoms with Crippen molar-refractivity contribution in [2.45, 2.75) is 0 Å². The number of carbonyl (C=O) groups excluding carboxylic acids is 1. The van der Waals surface area contributed by atoms with E-state index in [1.165, 1.54) is 12.1 Å². The monoisotopic (exact) mass is 412 g/mol. The Kier molecular flexibility index (Phi) is 5.62. The van der Waals surface area contributed by atoms with Crippen molar-refractivity contribution < 1.29 is 13.9 Å². The number of ether oxygens (including phenoxy) is 1. The Balaban J connectivity index is 1.36. The van der Waals surface area contributed by atoms with Crippen molar-refractivity contribution in [1.29, 1.82) is 0 Å². The lowest BCUT2D eigenvalue weighted by molar-refractivity contribution is 0.208. The number of para-hydroxylation sites is 2. The van der Waals surface area contributed by atoms with Crippen molar-refractivity contribution in [2.24, 2.45) is 0 Å². The Morgan fingerprint density at radius 2 is 1.83 bits per heavy atom. The molecule has 0 radical (unpaired) electrons. The number of nitrogens with zero attached hydrogens (tertiary/aromatic N) is 3. The molecule has 0 atom stereocenters. The number of carbonyl (C=O) groups is 1. The molecule has 0 aliphatic carbocycles.